The molecule has 0 spiro atoms. The van der Waals surface area contributed by atoms with E-state index in [2.05, 4.69) is 9.88 Å². The molecule has 1 aromatic rings. The Balaban J connectivity index is 1.79. The third-order valence-corrected chi connectivity index (χ3v) is 3.90. The molecule has 0 atom stereocenters. The number of alkyl halides is 3. The second-order valence-corrected chi connectivity index (χ2v) is 5.52. The number of hydrogen-bond donors (Lipinski definition) is 1. The van der Waals surface area contributed by atoms with Gasteiger partial charge in [0.05, 0.1) is 5.56 Å². The van der Waals surface area contributed by atoms with Crippen molar-refractivity contribution in [1.29, 1.82) is 0 Å². The number of unbranched alkanes of at least 4 members (excludes halogenated alkanes) is 2. The van der Waals surface area contributed by atoms with E-state index in [1.807, 2.05) is 4.90 Å². The lowest BCUT2D eigenvalue weighted by Gasteiger charge is -2.35. The van der Waals surface area contributed by atoms with E-state index in [4.69, 9.17) is 5.11 Å². The number of aromatic nitrogens is 1. The van der Waals surface area contributed by atoms with Gasteiger partial charge in [0.15, 0.2) is 0 Å². The summed E-state index contributed by atoms with van der Waals surface area (Å²) in [5, 5.41) is 8.74. The van der Waals surface area contributed by atoms with Gasteiger partial charge in [-0.3, -0.25) is 4.90 Å². The maximum atomic E-state index is 12.5. The minimum absolute atomic E-state index is 0.243. The molecule has 124 valence electrons. The second-order valence-electron chi connectivity index (χ2n) is 5.52. The van der Waals surface area contributed by atoms with Gasteiger partial charge in [-0.2, -0.15) is 13.2 Å². The fourth-order valence-corrected chi connectivity index (χ4v) is 2.57. The average molecular weight is 317 g/mol. The van der Waals surface area contributed by atoms with Crippen molar-refractivity contribution in [3.05, 3.63) is 23.9 Å². The molecule has 0 unspecified atom stereocenters. The summed E-state index contributed by atoms with van der Waals surface area (Å²) in [4.78, 5) is 8.30. The molecular weight excluding hydrogens is 295 g/mol. The van der Waals surface area contributed by atoms with Gasteiger partial charge in [0.25, 0.3) is 0 Å². The zero-order valence-electron chi connectivity index (χ0n) is 12.5. The number of aliphatic hydroxyl groups is 1. The molecule has 0 radical (unpaired) electrons. The van der Waals surface area contributed by atoms with Crippen LogP contribution in [0.2, 0.25) is 0 Å². The molecule has 0 aromatic carbocycles. The van der Waals surface area contributed by atoms with Gasteiger partial charge >= 0.3 is 6.18 Å². The molecule has 7 heteroatoms. The largest absolute Gasteiger partial charge is 0.417 e. The topological polar surface area (TPSA) is 39.6 Å². The fourth-order valence-electron chi connectivity index (χ4n) is 2.57. The first-order chi connectivity index (χ1) is 10.5. The Morgan fingerprint density at radius 1 is 1.05 bits per heavy atom. The Hall–Kier alpha value is -1.34. The molecule has 2 heterocycles. The third kappa shape index (κ3) is 4.84. The predicted molar refractivity (Wildman–Crippen MR) is 78.8 cm³/mol. The number of rotatable bonds is 6. The number of halogens is 3. The van der Waals surface area contributed by atoms with Crippen LogP contribution in [0.25, 0.3) is 0 Å². The van der Waals surface area contributed by atoms with E-state index in [1.54, 1.807) is 0 Å². The number of aliphatic hydroxyl groups excluding tert-OH is 1. The second kappa shape index (κ2) is 7.78. The number of pyridine rings is 1. The van der Waals surface area contributed by atoms with Crippen LogP contribution in [0, 0.1) is 0 Å². The van der Waals surface area contributed by atoms with Gasteiger partial charge in [-0.05, 0) is 37.9 Å². The van der Waals surface area contributed by atoms with Crippen molar-refractivity contribution in [3.8, 4) is 0 Å². The van der Waals surface area contributed by atoms with Crippen LogP contribution in [-0.2, 0) is 6.18 Å². The first kappa shape index (κ1) is 17.0. The van der Waals surface area contributed by atoms with Crippen LogP contribution < -0.4 is 4.90 Å². The summed E-state index contributed by atoms with van der Waals surface area (Å²) in [7, 11) is 0. The molecule has 1 fully saturated rings. The first-order valence-electron chi connectivity index (χ1n) is 7.62. The van der Waals surface area contributed by atoms with Gasteiger partial charge in [0, 0.05) is 39.0 Å². The molecule has 4 nitrogen and oxygen atoms in total. The fraction of sp³-hybridized carbons (Fsp3) is 0.667. The van der Waals surface area contributed by atoms with Crippen molar-refractivity contribution in [2.75, 3.05) is 44.2 Å². The Bertz CT molecular complexity index is 442. The van der Waals surface area contributed by atoms with E-state index in [9.17, 15) is 13.2 Å². The van der Waals surface area contributed by atoms with Crippen molar-refractivity contribution in [3.63, 3.8) is 0 Å². The van der Waals surface area contributed by atoms with Crippen LogP contribution in [0.3, 0.4) is 0 Å². The summed E-state index contributed by atoms with van der Waals surface area (Å²) in [5.74, 6) is 0.605. The predicted octanol–water partition coefficient (Wildman–Crippen LogP) is 2.39. The maximum Gasteiger partial charge on any atom is 0.417 e. The monoisotopic (exact) mass is 317 g/mol. The summed E-state index contributed by atoms with van der Waals surface area (Å²) in [5.41, 5.74) is -0.709. The molecule has 0 aliphatic carbocycles. The lowest BCUT2D eigenvalue weighted by molar-refractivity contribution is -0.137. The van der Waals surface area contributed by atoms with E-state index in [1.165, 1.54) is 6.07 Å². The number of nitrogens with zero attached hydrogens (tertiary/aromatic N) is 3. The number of anilines is 1. The minimum atomic E-state index is -4.33. The highest BCUT2D eigenvalue weighted by molar-refractivity contribution is 5.40. The molecule has 1 aliphatic rings. The van der Waals surface area contributed by atoms with Crippen LogP contribution in [0.15, 0.2) is 18.3 Å². The normalized spacial score (nSPS) is 17.0. The Labute approximate surface area is 128 Å². The standard InChI is InChI=1S/C15H22F3N3O/c16-15(17,18)13-4-5-14(19-12-13)21-9-7-20(8-10-21)6-2-1-3-11-22/h4-5,12,22H,1-3,6-11H2. The Morgan fingerprint density at radius 2 is 1.77 bits per heavy atom. The summed E-state index contributed by atoms with van der Waals surface area (Å²) in [6.07, 6.45) is -0.499. The van der Waals surface area contributed by atoms with Crippen molar-refractivity contribution < 1.29 is 18.3 Å². The van der Waals surface area contributed by atoms with Gasteiger partial charge < -0.3 is 10.0 Å². The molecule has 1 aliphatic heterocycles. The van der Waals surface area contributed by atoms with Gasteiger partial charge in [0.1, 0.15) is 5.82 Å². The van der Waals surface area contributed by atoms with E-state index in [0.717, 1.165) is 64.2 Å². The quantitative estimate of drug-likeness (QED) is 0.818. The summed E-state index contributed by atoms with van der Waals surface area (Å²) < 4.78 is 37.5. The van der Waals surface area contributed by atoms with Crippen molar-refractivity contribution >= 4 is 5.82 Å². The van der Waals surface area contributed by atoms with Crippen molar-refractivity contribution in [2.24, 2.45) is 0 Å². The number of piperazine rings is 1. The molecular formula is C15H22F3N3O. The van der Waals surface area contributed by atoms with E-state index < -0.39 is 11.7 Å². The zero-order valence-corrected chi connectivity index (χ0v) is 12.5. The first-order valence-corrected chi connectivity index (χ1v) is 7.62. The average Bonchev–Trinajstić information content (AvgIpc) is 2.51. The SMILES string of the molecule is OCCCCCN1CCN(c2ccc(C(F)(F)F)cn2)CC1. The molecule has 1 aromatic heterocycles. The zero-order chi connectivity index (χ0) is 16.0. The highest BCUT2D eigenvalue weighted by Crippen LogP contribution is 2.29. The lowest BCUT2D eigenvalue weighted by Crippen LogP contribution is -2.46. The minimum Gasteiger partial charge on any atom is -0.396 e. The van der Waals surface area contributed by atoms with Crippen LogP contribution in [0.4, 0.5) is 19.0 Å². The number of hydrogen-bond acceptors (Lipinski definition) is 4. The smallest absolute Gasteiger partial charge is 0.396 e. The highest BCUT2D eigenvalue weighted by atomic mass is 19.4. The van der Waals surface area contributed by atoms with Crippen molar-refractivity contribution in [2.45, 2.75) is 25.4 Å². The van der Waals surface area contributed by atoms with E-state index in [0.29, 0.717) is 5.82 Å². The Morgan fingerprint density at radius 3 is 2.32 bits per heavy atom. The van der Waals surface area contributed by atoms with E-state index >= 15 is 0 Å². The molecule has 1 N–H and O–H groups in total. The third-order valence-electron chi connectivity index (χ3n) is 3.90. The molecule has 1 saturated heterocycles. The molecule has 0 bridgehead atoms. The summed E-state index contributed by atoms with van der Waals surface area (Å²) in [6, 6.07) is 2.53. The molecule has 0 amide bonds. The van der Waals surface area contributed by atoms with Gasteiger partial charge in [-0.15, -0.1) is 0 Å². The maximum absolute atomic E-state index is 12.5. The highest BCUT2D eigenvalue weighted by Gasteiger charge is 2.31. The van der Waals surface area contributed by atoms with Crippen LogP contribution in [0.1, 0.15) is 24.8 Å². The van der Waals surface area contributed by atoms with Gasteiger partial charge in [-0.25, -0.2) is 4.98 Å². The summed E-state index contributed by atoms with van der Waals surface area (Å²) in [6.45, 7) is 4.59. The van der Waals surface area contributed by atoms with Gasteiger partial charge in [-0.1, -0.05) is 0 Å². The molecule has 22 heavy (non-hydrogen) atoms. The van der Waals surface area contributed by atoms with Gasteiger partial charge in [0.2, 0.25) is 0 Å². The molecule has 0 saturated carbocycles. The Kier molecular flexibility index (Phi) is 6.02. The van der Waals surface area contributed by atoms with Crippen LogP contribution >= 0.6 is 0 Å². The lowest BCUT2D eigenvalue weighted by atomic mass is 10.2. The van der Waals surface area contributed by atoms with Crippen LogP contribution in [-0.4, -0.2) is 54.3 Å². The molecule has 2 rings (SSSR count). The van der Waals surface area contributed by atoms with Crippen molar-refractivity contribution in [1.82, 2.24) is 9.88 Å². The summed E-state index contributed by atoms with van der Waals surface area (Å²) >= 11 is 0. The van der Waals surface area contributed by atoms with Crippen LogP contribution in [0.5, 0.6) is 0 Å². The van der Waals surface area contributed by atoms with E-state index in [-0.39, 0.29) is 6.61 Å².